The average molecular weight is 220 g/mol. The molecule has 2 atom stereocenters. The summed E-state index contributed by atoms with van der Waals surface area (Å²) in [6, 6.07) is 0. The van der Waals surface area contributed by atoms with Crippen LogP contribution in [0.5, 0.6) is 0 Å². The summed E-state index contributed by atoms with van der Waals surface area (Å²) in [6.45, 7) is 3.47. The summed E-state index contributed by atoms with van der Waals surface area (Å²) >= 11 is 0. The number of ether oxygens (including phenoxy) is 1. The molecule has 0 aromatic heterocycles. The minimum atomic E-state index is -0.280. The highest BCUT2D eigenvalue weighted by Gasteiger charge is 2.42. The highest BCUT2D eigenvalue weighted by Crippen LogP contribution is 2.45. The molecule has 2 aliphatic rings. The number of carbonyl (C=O) groups is 2. The molecule has 3 nitrogen and oxygen atoms in total. The summed E-state index contributed by atoms with van der Waals surface area (Å²) in [7, 11) is 0. The fourth-order valence-corrected chi connectivity index (χ4v) is 2.55. The summed E-state index contributed by atoms with van der Waals surface area (Å²) in [5.74, 6) is -0.214. The number of allylic oxidation sites excluding steroid dienone is 2. The highest BCUT2D eigenvalue weighted by atomic mass is 16.5. The molecule has 2 rings (SSSR count). The number of hydrogen-bond acceptors (Lipinski definition) is 3. The molecule has 86 valence electrons. The third-order valence-electron chi connectivity index (χ3n) is 3.49. The van der Waals surface area contributed by atoms with Gasteiger partial charge in [0.25, 0.3) is 0 Å². The van der Waals surface area contributed by atoms with Gasteiger partial charge in [0, 0.05) is 12.3 Å². The first-order valence-electron chi connectivity index (χ1n) is 5.64. The van der Waals surface area contributed by atoms with Crippen molar-refractivity contribution in [1.29, 1.82) is 0 Å². The average Bonchev–Trinajstić information content (AvgIpc) is 2.20. The molecular formula is C13H16O3. The van der Waals surface area contributed by atoms with Crippen LogP contribution in [-0.2, 0) is 14.3 Å². The zero-order valence-corrected chi connectivity index (χ0v) is 9.66. The van der Waals surface area contributed by atoms with Crippen LogP contribution in [0.25, 0.3) is 0 Å². The van der Waals surface area contributed by atoms with Crippen LogP contribution < -0.4 is 0 Å². The predicted octanol–water partition coefficient (Wildman–Crippen LogP) is 2.17. The molecule has 0 aromatic carbocycles. The second kappa shape index (κ2) is 3.89. The van der Waals surface area contributed by atoms with Gasteiger partial charge in [-0.05, 0) is 38.3 Å². The molecule has 0 aromatic rings. The van der Waals surface area contributed by atoms with E-state index in [0.29, 0.717) is 0 Å². The summed E-state index contributed by atoms with van der Waals surface area (Å²) in [6.07, 6.45) is 7.78. The molecule has 0 N–H and O–H groups in total. The summed E-state index contributed by atoms with van der Waals surface area (Å²) in [4.78, 5) is 22.4. The summed E-state index contributed by atoms with van der Waals surface area (Å²) in [5, 5.41) is 0. The Bertz CT molecular complexity index is 392. The second-order valence-corrected chi connectivity index (χ2v) is 4.68. The first-order chi connectivity index (χ1) is 7.52. The normalized spacial score (nSPS) is 33.0. The van der Waals surface area contributed by atoms with Gasteiger partial charge in [-0.3, -0.25) is 9.59 Å². The lowest BCUT2D eigenvalue weighted by molar-refractivity contribution is -0.151. The van der Waals surface area contributed by atoms with Crippen LogP contribution in [0.1, 0.15) is 33.1 Å². The van der Waals surface area contributed by atoms with Crippen LogP contribution in [0, 0.1) is 5.41 Å². The Hall–Kier alpha value is -1.38. The third kappa shape index (κ3) is 1.82. The standard InChI is InChI=1S/C13H16O3/c1-9(14)16-12-5-3-4-10-8-11(15)6-7-13(10,12)2/h6-8,12H,3-5H2,1-2H3/t12-,13-/m0/s1. The molecule has 0 bridgehead atoms. The van der Waals surface area contributed by atoms with Gasteiger partial charge in [-0.15, -0.1) is 0 Å². The summed E-state index contributed by atoms with van der Waals surface area (Å²) < 4.78 is 5.36. The van der Waals surface area contributed by atoms with Gasteiger partial charge in [-0.25, -0.2) is 0 Å². The Labute approximate surface area is 95.2 Å². The number of ketones is 1. The molecule has 1 fully saturated rings. The Morgan fingerprint density at radius 2 is 2.31 bits per heavy atom. The van der Waals surface area contributed by atoms with E-state index in [4.69, 9.17) is 4.74 Å². The number of hydrogen-bond donors (Lipinski definition) is 0. The summed E-state index contributed by atoms with van der Waals surface area (Å²) in [5.41, 5.74) is 0.815. The largest absolute Gasteiger partial charge is 0.461 e. The Kier molecular flexibility index (Phi) is 2.70. The molecule has 0 saturated heterocycles. The first-order valence-corrected chi connectivity index (χ1v) is 5.64. The SMILES string of the molecule is CC(=O)O[C@H]1CCCC2=CC(=O)C=C[C@@]21C. The van der Waals surface area contributed by atoms with E-state index in [1.165, 1.54) is 6.92 Å². The van der Waals surface area contributed by atoms with Crippen LogP contribution in [0.3, 0.4) is 0 Å². The van der Waals surface area contributed by atoms with E-state index in [1.807, 2.05) is 13.0 Å². The molecule has 0 amide bonds. The van der Waals surface area contributed by atoms with Crippen LogP contribution >= 0.6 is 0 Å². The molecule has 1 saturated carbocycles. The number of rotatable bonds is 1. The highest BCUT2D eigenvalue weighted by molar-refractivity contribution is 6.01. The van der Waals surface area contributed by atoms with Gasteiger partial charge in [-0.2, -0.15) is 0 Å². The van der Waals surface area contributed by atoms with E-state index >= 15 is 0 Å². The Morgan fingerprint density at radius 3 is 3.00 bits per heavy atom. The smallest absolute Gasteiger partial charge is 0.302 e. The van der Waals surface area contributed by atoms with Crippen molar-refractivity contribution < 1.29 is 14.3 Å². The Balaban J connectivity index is 2.29. The molecule has 3 heteroatoms. The minimum absolute atomic E-state index is 0.0379. The van der Waals surface area contributed by atoms with Gasteiger partial charge in [0.2, 0.25) is 0 Å². The van der Waals surface area contributed by atoms with E-state index in [1.54, 1.807) is 12.2 Å². The topological polar surface area (TPSA) is 43.4 Å². The zero-order chi connectivity index (χ0) is 11.8. The monoisotopic (exact) mass is 220 g/mol. The van der Waals surface area contributed by atoms with Gasteiger partial charge in [-0.1, -0.05) is 11.6 Å². The quantitative estimate of drug-likeness (QED) is 0.636. The molecule has 16 heavy (non-hydrogen) atoms. The van der Waals surface area contributed by atoms with Crippen molar-refractivity contribution in [2.75, 3.05) is 0 Å². The predicted molar refractivity (Wildman–Crippen MR) is 59.7 cm³/mol. The lowest BCUT2D eigenvalue weighted by Crippen LogP contribution is -2.40. The fourth-order valence-electron chi connectivity index (χ4n) is 2.55. The van der Waals surface area contributed by atoms with E-state index < -0.39 is 0 Å². The molecule has 0 heterocycles. The molecule has 0 radical (unpaired) electrons. The maximum Gasteiger partial charge on any atom is 0.302 e. The van der Waals surface area contributed by atoms with Crippen LogP contribution in [0.2, 0.25) is 0 Å². The van der Waals surface area contributed by atoms with Crippen LogP contribution in [-0.4, -0.2) is 17.9 Å². The van der Waals surface area contributed by atoms with Crippen LogP contribution in [0.15, 0.2) is 23.8 Å². The van der Waals surface area contributed by atoms with Crippen molar-refractivity contribution in [2.24, 2.45) is 5.41 Å². The van der Waals surface area contributed by atoms with E-state index in [9.17, 15) is 9.59 Å². The van der Waals surface area contributed by atoms with Gasteiger partial charge in [0.05, 0.1) is 0 Å². The lowest BCUT2D eigenvalue weighted by Gasteiger charge is -2.41. The van der Waals surface area contributed by atoms with Crippen molar-refractivity contribution >= 4 is 11.8 Å². The van der Waals surface area contributed by atoms with E-state index in [2.05, 4.69) is 0 Å². The second-order valence-electron chi connectivity index (χ2n) is 4.68. The first kappa shape index (κ1) is 11.1. The molecular weight excluding hydrogens is 204 g/mol. The van der Waals surface area contributed by atoms with Crippen molar-refractivity contribution in [3.63, 3.8) is 0 Å². The van der Waals surface area contributed by atoms with Crippen molar-refractivity contribution in [3.8, 4) is 0 Å². The fraction of sp³-hybridized carbons (Fsp3) is 0.538. The lowest BCUT2D eigenvalue weighted by atomic mass is 9.67. The zero-order valence-electron chi connectivity index (χ0n) is 9.66. The third-order valence-corrected chi connectivity index (χ3v) is 3.49. The van der Waals surface area contributed by atoms with E-state index in [0.717, 1.165) is 24.8 Å². The van der Waals surface area contributed by atoms with Crippen molar-refractivity contribution in [3.05, 3.63) is 23.8 Å². The van der Waals surface area contributed by atoms with Crippen LogP contribution in [0.4, 0.5) is 0 Å². The molecule has 0 spiro atoms. The number of esters is 1. The van der Waals surface area contributed by atoms with Gasteiger partial charge in [0.1, 0.15) is 6.10 Å². The minimum Gasteiger partial charge on any atom is -0.461 e. The maximum absolute atomic E-state index is 11.3. The van der Waals surface area contributed by atoms with Gasteiger partial charge < -0.3 is 4.74 Å². The van der Waals surface area contributed by atoms with Gasteiger partial charge in [0.15, 0.2) is 5.78 Å². The van der Waals surface area contributed by atoms with E-state index in [-0.39, 0.29) is 23.3 Å². The van der Waals surface area contributed by atoms with Crippen molar-refractivity contribution in [2.45, 2.75) is 39.2 Å². The number of carbonyl (C=O) groups excluding carboxylic acids is 2. The Morgan fingerprint density at radius 1 is 1.56 bits per heavy atom. The molecule has 0 unspecified atom stereocenters. The maximum atomic E-state index is 11.3. The molecule has 2 aliphatic carbocycles. The van der Waals surface area contributed by atoms with Gasteiger partial charge >= 0.3 is 5.97 Å². The van der Waals surface area contributed by atoms with Crippen molar-refractivity contribution in [1.82, 2.24) is 0 Å². The molecule has 0 aliphatic heterocycles. The number of fused-ring (bicyclic) bond motifs is 1.